The molecule has 1 aromatic heterocycles. The minimum Gasteiger partial charge on any atom is -0.496 e. The summed E-state index contributed by atoms with van der Waals surface area (Å²) in [7, 11) is 1.65. The zero-order valence-electron chi connectivity index (χ0n) is 13.5. The number of para-hydroxylation sites is 1. The van der Waals surface area contributed by atoms with Crippen LogP contribution in [0.3, 0.4) is 0 Å². The van der Waals surface area contributed by atoms with Gasteiger partial charge in [-0.1, -0.05) is 18.2 Å². The van der Waals surface area contributed by atoms with E-state index in [2.05, 4.69) is 21.7 Å². The van der Waals surface area contributed by atoms with Crippen molar-refractivity contribution in [2.75, 3.05) is 20.2 Å². The highest BCUT2D eigenvalue weighted by molar-refractivity contribution is 7.10. The fourth-order valence-electron chi connectivity index (χ4n) is 3.03. The van der Waals surface area contributed by atoms with Crippen molar-refractivity contribution in [1.29, 1.82) is 0 Å². The number of hydrogen-bond donors (Lipinski definition) is 1. The predicted molar refractivity (Wildman–Crippen MR) is 92.9 cm³/mol. The topological polar surface area (TPSA) is 41.6 Å². The van der Waals surface area contributed by atoms with Crippen molar-refractivity contribution >= 4 is 17.2 Å². The predicted octanol–water partition coefficient (Wildman–Crippen LogP) is 2.99. The van der Waals surface area contributed by atoms with Gasteiger partial charge in [0, 0.05) is 23.5 Å². The minimum atomic E-state index is -0.0693. The molecule has 5 heteroatoms. The van der Waals surface area contributed by atoms with Gasteiger partial charge in [-0.05, 0) is 36.4 Å². The molecule has 1 aromatic carbocycles. The number of rotatable bonds is 5. The van der Waals surface area contributed by atoms with Gasteiger partial charge in [0.1, 0.15) is 5.75 Å². The molecule has 1 aliphatic rings. The van der Waals surface area contributed by atoms with Gasteiger partial charge < -0.3 is 10.1 Å². The molecule has 0 fully saturated rings. The van der Waals surface area contributed by atoms with Gasteiger partial charge in [-0.15, -0.1) is 11.3 Å². The first-order valence-corrected chi connectivity index (χ1v) is 8.75. The first kappa shape index (κ1) is 16.0. The van der Waals surface area contributed by atoms with Gasteiger partial charge in [0.2, 0.25) is 5.91 Å². The molecule has 1 atom stereocenters. The lowest BCUT2D eigenvalue weighted by Crippen LogP contribution is -2.40. The molecule has 23 heavy (non-hydrogen) atoms. The van der Waals surface area contributed by atoms with Crippen LogP contribution in [0.4, 0.5) is 0 Å². The molecule has 1 unspecified atom stereocenters. The smallest absolute Gasteiger partial charge is 0.234 e. The number of hydrogen-bond acceptors (Lipinski definition) is 4. The third-order valence-electron chi connectivity index (χ3n) is 4.24. The largest absolute Gasteiger partial charge is 0.496 e. The Labute approximate surface area is 141 Å². The first-order valence-electron chi connectivity index (χ1n) is 7.87. The number of carbonyl (C=O) groups is 1. The Bertz CT molecular complexity index is 683. The SMILES string of the molecule is COc1ccccc1C(C)NC(=O)CN1CCc2sccc2C1. The molecule has 1 amide bonds. The molecule has 2 aromatic rings. The van der Waals surface area contributed by atoms with Gasteiger partial charge in [0.15, 0.2) is 0 Å². The fourth-order valence-corrected chi connectivity index (χ4v) is 3.92. The summed E-state index contributed by atoms with van der Waals surface area (Å²) < 4.78 is 5.37. The summed E-state index contributed by atoms with van der Waals surface area (Å²) in [5.41, 5.74) is 2.37. The molecule has 1 N–H and O–H groups in total. The maximum Gasteiger partial charge on any atom is 0.234 e. The van der Waals surface area contributed by atoms with Crippen LogP contribution in [-0.2, 0) is 17.8 Å². The quantitative estimate of drug-likeness (QED) is 0.916. The number of carbonyl (C=O) groups excluding carboxylic acids is 1. The van der Waals surface area contributed by atoms with Crippen LogP contribution in [0.15, 0.2) is 35.7 Å². The Hall–Kier alpha value is -1.85. The van der Waals surface area contributed by atoms with Gasteiger partial charge >= 0.3 is 0 Å². The lowest BCUT2D eigenvalue weighted by molar-refractivity contribution is -0.123. The summed E-state index contributed by atoms with van der Waals surface area (Å²) in [6.07, 6.45) is 1.04. The van der Waals surface area contributed by atoms with E-state index in [1.165, 1.54) is 10.4 Å². The van der Waals surface area contributed by atoms with Crippen LogP contribution in [-0.4, -0.2) is 31.0 Å². The Kier molecular flexibility index (Phi) is 4.98. The number of thiophene rings is 1. The number of benzene rings is 1. The van der Waals surface area contributed by atoms with Crippen molar-refractivity contribution in [3.05, 3.63) is 51.7 Å². The normalized spacial score (nSPS) is 15.7. The van der Waals surface area contributed by atoms with E-state index in [0.717, 1.165) is 30.8 Å². The van der Waals surface area contributed by atoms with Gasteiger partial charge in [0.05, 0.1) is 19.7 Å². The van der Waals surface area contributed by atoms with Crippen LogP contribution < -0.4 is 10.1 Å². The second-order valence-corrected chi connectivity index (χ2v) is 6.86. The molecule has 0 spiro atoms. The van der Waals surface area contributed by atoms with Crippen LogP contribution in [0.1, 0.15) is 29.0 Å². The number of amides is 1. The number of fused-ring (bicyclic) bond motifs is 1. The van der Waals surface area contributed by atoms with Crippen molar-refractivity contribution < 1.29 is 9.53 Å². The van der Waals surface area contributed by atoms with Crippen LogP contribution >= 0.6 is 11.3 Å². The van der Waals surface area contributed by atoms with E-state index in [-0.39, 0.29) is 11.9 Å². The molecule has 0 bridgehead atoms. The molecule has 4 nitrogen and oxygen atoms in total. The van der Waals surface area contributed by atoms with E-state index in [4.69, 9.17) is 4.74 Å². The zero-order valence-corrected chi connectivity index (χ0v) is 14.4. The third-order valence-corrected chi connectivity index (χ3v) is 5.26. The molecule has 0 aliphatic carbocycles. The zero-order chi connectivity index (χ0) is 16.2. The second-order valence-electron chi connectivity index (χ2n) is 5.86. The first-order chi connectivity index (χ1) is 11.2. The lowest BCUT2D eigenvalue weighted by atomic mass is 10.1. The van der Waals surface area contributed by atoms with Crippen molar-refractivity contribution in [2.24, 2.45) is 0 Å². The van der Waals surface area contributed by atoms with E-state index in [9.17, 15) is 4.79 Å². The van der Waals surface area contributed by atoms with E-state index in [1.807, 2.05) is 42.5 Å². The minimum absolute atomic E-state index is 0.0575. The molecule has 0 saturated carbocycles. The Morgan fingerprint density at radius 1 is 1.39 bits per heavy atom. The van der Waals surface area contributed by atoms with Crippen molar-refractivity contribution in [3.8, 4) is 5.75 Å². The average Bonchev–Trinajstić information content (AvgIpc) is 3.02. The maximum absolute atomic E-state index is 12.4. The van der Waals surface area contributed by atoms with Crippen molar-refractivity contribution in [1.82, 2.24) is 10.2 Å². The molecule has 0 radical (unpaired) electrons. The molecule has 122 valence electrons. The standard InChI is InChI=1S/C18H22N2O2S/c1-13(15-5-3-4-6-16(15)22-2)19-18(21)12-20-9-7-17-14(11-20)8-10-23-17/h3-6,8,10,13H,7,9,11-12H2,1-2H3,(H,19,21). The fraction of sp³-hybridized carbons (Fsp3) is 0.389. The van der Waals surface area contributed by atoms with Crippen molar-refractivity contribution in [2.45, 2.75) is 25.9 Å². The number of ether oxygens (including phenoxy) is 1. The number of nitrogens with zero attached hydrogens (tertiary/aromatic N) is 1. The Balaban J connectivity index is 1.57. The highest BCUT2D eigenvalue weighted by Crippen LogP contribution is 2.25. The lowest BCUT2D eigenvalue weighted by Gasteiger charge is -2.27. The summed E-state index contributed by atoms with van der Waals surface area (Å²) in [4.78, 5) is 16.0. The van der Waals surface area contributed by atoms with Gasteiger partial charge in [-0.3, -0.25) is 9.69 Å². The Morgan fingerprint density at radius 3 is 3.04 bits per heavy atom. The summed E-state index contributed by atoms with van der Waals surface area (Å²) >= 11 is 1.82. The van der Waals surface area contributed by atoms with Crippen molar-refractivity contribution in [3.63, 3.8) is 0 Å². The molecule has 1 aliphatic heterocycles. The number of methoxy groups -OCH3 is 1. The van der Waals surface area contributed by atoms with Gasteiger partial charge in [-0.2, -0.15) is 0 Å². The van der Waals surface area contributed by atoms with Crippen LogP contribution in [0, 0.1) is 0 Å². The summed E-state index contributed by atoms with van der Waals surface area (Å²) in [5.74, 6) is 0.864. The monoisotopic (exact) mass is 330 g/mol. The molecule has 0 saturated heterocycles. The third kappa shape index (κ3) is 3.74. The highest BCUT2D eigenvalue weighted by Gasteiger charge is 2.20. The van der Waals surface area contributed by atoms with Crippen LogP contribution in [0.2, 0.25) is 0 Å². The highest BCUT2D eigenvalue weighted by atomic mass is 32.1. The van der Waals surface area contributed by atoms with E-state index in [0.29, 0.717) is 6.54 Å². The molecular formula is C18H22N2O2S. The summed E-state index contributed by atoms with van der Waals surface area (Å²) in [6, 6.07) is 9.90. The average molecular weight is 330 g/mol. The van der Waals surface area contributed by atoms with Gasteiger partial charge in [0.25, 0.3) is 0 Å². The maximum atomic E-state index is 12.4. The number of nitrogens with one attached hydrogen (secondary N) is 1. The van der Waals surface area contributed by atoms with Crippen LogP contribution in [0.5, 0.6) is 5.75 Å². The van der Waals surface area contributed by atoms with Crippen LogP contribution in [0.25, 0.3) is 0 Å². The van der Waals surface area contributed by atoms with E-state index >= 15 is 0 Å². The summed E-state index contributed by atoms with van der Waals surface area (Å²) in [6.45, 7) is 4.25. The van der Waals surface area contributed by atoms with E-state index in [1.54, 1.807) is 7.11 Å². The van der Waals surface area contributed by atoms with Gasteiger partial charge in [-0.25, -0.2) is 0 Å². The molecule has 3 rings (SSSR count). The molecular weight excluding hydrogens is 308 g/mol. The second kappa shape index (κ2) is 7.15. The Morgan fingerprint density at radius 2 is 2.22 bits per heavy atom. The molecule has 2 heterocycles. The van der Waals surface area contributed by atoms with E-state index < -0.39 is 0 Å². The summed E-state index contributed by atoms with van der Waals surface area (Å²) in [5, 5.41) is 5.21.